The Labute approximate surface area is 123 Å². The smallest absolute Gasteiger partial charge is 0.130 e. The first-order chi connectivity index (χ1) is 9.45. The van der Waals surface area contributed by atoms with Crippen molar-refractivity contribution >= 4 is 11.6 Å². The molecule has 0 radical (unpaired) electrons. The third kappa shape index (κ3) is 2.72. The van der Waals surface area contributed by atoms with E-state index in [1.807, 2.05) is 27.1 Å². The van der Waals surface area contributed by atoms with Crippen LogP contribution in [0.4, 0.5) is 4.39 Å². The van der Waals surface area contributed by atoms with Gasteiger partial charge in [0, 0.05) is 25.1 Å². The highest BCUT2D eigenvalue weighted by Gasteiger charge is 2.20. The van der Waals surface area contributed by atoms with Crippen molar-refractivity contribution in [3.63, 3.8) is 0 Å². The number of aryl methyl sites for hydroxylation is 3. The van der Waals surface area contributed by atoms with Crippen LogP contribution in [0.2, 0.25) is 5.02 Å². The lowest BCUT2D eigenvalue weighted by Crippen LogP contribution is -2.21. The molecule has 1 atom stereocenters. The Morgan fingerprint density at radius 3 is 2.65 bits per heavy atom. The van der Waals surface area contributed by atoms with Crippen LogP contribution in [0.3, 0.4) is 0 Å². The van der Waals surface area contributed by atoms with Gasteiger partial charge < -0.3 is 5.32 Å². The molecule has 5 heteroatoms. The molecule has 1 heterocycles. The second kappa shape index (κ2) is 5.94. The van der Waals surface area contributed by atoms with Gasteiger partial charge >= 0.3 is 0 Å². The van der Waals surface area contributed by atoms with Gasteiger partial charge in [0.15, 0.2) is 0 Å². The van der Waals surface area contributed by atoms with E-state index < -0.39 is 0 Å². The van der Waals surface area contributed by atoms with Gasteiger partial charge in [-0.25, -0.2) is 4.39 Å². The summed E-state index contributed by atoms with van der Waals surface area (Å²) in [6.07, 6.45) is 0.590. The number of nitrogens with one attached hydrogen (secondary N) is 1. The number of benzene rings is 1. The number of halogens is 2. The molecule has 0 spiro atoms. The number of likely N-dealkylation sites (N-methyl/N-ethyl adjacent to an activating group) is 1. The number of rotatable bonds is 4. The largest absolute Gasteiger partial charge is 0.313 e. The molecule has 20 heavy (non-hydrogen) atoms. The Balaban J connectivity index is 2.36. The summed E-state index contributed by atoms with van der Waals surface area (Å²) in [5.74, 6) is -0.165. The molecular formula is C15H19ClFN3. The fourth-order valence-electron chi connectivity index (χ4n) is 2.40. The Kier molecular flexibility index (Phi) is 4.45. The molecule has 0 fully saturated rings. The lowest BCUT2D eigenvalue weighted by Gasteiger charge is -2.18. The van der Waals surface area contributed by atoms with Gasteiger partial charge in [-0.05, 0) is 26.5 Å². The third-order valence-corrected chi connectivity index (χ3v) is 4.10. The molecule has 0 aliphatic carbocycles. The fourth-order valence-corrected chi connectivity index (χ4v) is 2.64. The first-order valence-electron chi connectivity index (χ1n) is 6.56. The van der Waals surface area contributed by atoms with Gasteiger partial charge in [-0.2, -0.15) is 5.10 Å². The summed E-state index contributed by atoms with van der Waals surface area (Å²) in [5, 5.41) is 8.11. The minimum atomic E-state index is -0.165. The van der Waals surface area contributed by atoms with Gasteiger partial charge in [-0.3, -0.25) is 4.68 Å². The second-order valence-electron chi connectivity index (χ2n) is 4.99. The molecule has 1 aromatic carbocycles. The number of aromatic nitrogens is 2. The SMILES string of the molecule is CNC(Cc1c(Cl)c(C)nn1C)c1cccc(C)c1F. The zero-order chi connectivity index (χ0) is 14.9. The van der Waals surface area contributed by atoms with Crippen molar-refractivity contribution in [1.29, 1.82) is 0 Å². The van der Waals surface area contributed by atoms with Crippen LogP contribution in [0, 0.1) is 19.7 Å². The van der Waals surface area contributed by atoms with Crippen LogP contribution in [0.1, 0.15) is 28.6 Å². The molecule has 1 N–H and O–H groups in total. The van der Waals surface area contributed by atoms with Crippen LogP contribution in [0.15, 0.2) is 18.2 Å². The molecule has 0 aliphatic rings. The maximum Gasteiger partial charge on any atom is 0.130 e. The summed E-state index contributed by atoms with van der Waals surface area (Å²) in [4.78, 5) is 0. The molecule has 2 aromatic rings. The lowest BCUT2D eigenvalue weighted by molar-refractivity contribution is 0.516. The van der Waals surface area contributed by atoms with Crippen LogP contribution in [-0.2, 0) is 13.5 Å². The highest BCUT2D eigenvalue weighted by molar-refractivity contribution is 6.31. The number of hydrogen-bond acceptors (Lipinski definition) is 2. The third-order valence-electron chi connectivity index (χ3n) is 3.60. The summed E-state index contributed by atoms with van der Waals surface area (Å²) in [7, 11) is 3.68. The highest BCUT2D eigenvalue weighted by atomic mass is 35.5. The van der Waals surface area contributed by atoms with E-state index in [4.69, 9.17) is 11.6 Å². The average Bonchev–Trinajstić information content (AvgIpc) is 2.65. The van der Waals surface area contributed by atoms with E-state index in [1.54, 1.807) is 23.7 Å². The van der Waals surface area contributed by atoms with Gasteiger partial charge in [0.05, 0.1) is 16.4 Å². The van der Waals surface area contributed by atoms with Crippen molar-refractivity contribution in [3.05, 3.63) is 51.6 Å². The van der Waals surface area contributed by atoms with Gasteiger partial charge in [-0.15, -0.1) is 0 Å². The van der Waals surface area contributed by atoms with E-state index >= 15 is 0 Å². The van der Waals surface area contributed by atoms with Crippen molar-refractivity contribution in [3.8, 4) is 0 Å². The molecule has 2 rings (SSSR count). The van der Waals surface area contributed by atoms with Crippen LogP contribution in [0.5, 0.6) is 0 Å². The number of hydrogen-bond donors (Lipinski definition) is 1. The van der Waals surface area contributed by atoms with Crippen LogP contribution >= 0.6 is 11.6 Å². The van der Waals surface area contributed by atoms with Crippen molar-refractivity contribution < 1.29 is 4.39 Å². The summed E-state index contributed by atoms with van der Waals surface area (Å²) >= 11 is 6.27. The molecule has 0 aliphatic heterocycles. The first-order valence-corrected chi connectivity index (χ1v) is 6.93. The second-order valence-corrected chi connectivity index (χ2v) is 5.37. The molecule has 0 saturated heterocycles. The topological polar surface area (TPSA) is 29.9 Å². The fraction of sp³-hybridized carbons (Fsp3) is 0.400. The van der Waals surface area contributed by atoms with Crippen LogP contribution in [-0.4, -0.2) is 16.8 Å². The normalized spacial score (nSPS) is 12.7. The minimum absolute atomic E-state index is 0.137. The van der Waals surface area contributed by atoms with E-state index in [0.717, 1.165) is 11.4 Å². The summed E-state index contributed by atoms with van der Waals surface area (Å²) in [6, 6.07) is 5.31. The zero-order valence-electron chi connectivity index (χ0n) is 12.2. The van der Waals surface area contributed by atoms with Crippen molar-refractivity contribution in [2.24, 2.45) is 7.05 Å². The molecule has 1 aromatic heterocycles. The van der Waals surface area contributed by atoms with Crippen molar-refractivity contribution in [2.75, 3.05) is 7.05 Å². The average molecular weight is 296 g/mol. The molecular weight excluding hydrogens is 277 g/mol. The summed E-state index contributed by atoms with van der Waals surface area (Å²) < 4.78 is 16.0. The van der Waals surface area contributed by atoms with Gasteiger partial charge in [0.2, 0.25) is 0 Å². The van der Waals surface area contributed by atoms with E-state index in [9.17, 15) is 4.39 Å². The highest BCUT2D eigenvalue weighted by Crippen LogP contribution is 2.27. The minimum Gasteiger partial charge on any atom is -0.313 e. The van der Waals surface area contributed by atoms with Gasteiger partial charge in [-0.1, -0.05) is 29.8 Å². The van der Waals surface area contributed by atoms with Crippen LogP contribution < -0.4 is 5.32 Å². The molecule has 0 bridgehead atoms. The lowest BCUT2D eigenvalue weighted by atomic mass is 9.99. The molecule has 108 valence electrons. The van der Waals surface area contributed by atoms with E-state index in [0.29, 0.717) is 22.6 Å². The Bertz CT molecular complexity index is 622. The Hall–Kier alpha value is -1.39. The zero-order valence-corrected chi connectivity index (χ0v) is 12.9. The quantitative estimate of drug-likeness (QED) is 0.937. The van der Waals surface area contributed by atoms with Crippen molar-refractivity contribution in [2.45, 2.75) is 26.3 Å². The Morgan fingerprint density at radius 1 is 1.40 bits per heavy atom. The van der Waals surface area contributed by atoms with E-state index in [2.05, 4.69) is 10.4 Å². The predicted molar refractivity (Wildman–Crippen MR) is 79.6 cm³/mol. The van der Waals surface area contributed by atoms with E-state index in [-0.39, 0.29) is 11.9 Å². The maximum absolute atomic E-state index is 14.3. The maximum atomic E-state index is 14.3. The van der Waals surface area contributed by atoms with Gasteiger partial charge in [0.1, 0.15) is 5.82 Å². The monoisotopic (exact) mass is 295 g/mol. The predicted octanol–water partition coefficient (Wildman–Crippen LogP) is 3.33. The summed E-state index contributed by atoms with van der Waals surface area (Å²) in [6.45, 7) is 3.64. The standard InChI is InChI=1S/C15H19ClFN3/c1-9-6-5-7-11(15(9)17)12(18-3)8-13-14(16)10(2)19-20(13)4/h5-7,12,18H,8H2,1-4H3. The Morgan fingerprint density at radius 2 is 2.10 bits per heavy atom. The molecule has 0 amide bonds. The first kappa shape index (κ1) is 15.0. The van der Waals surface area contributed by atoms with Crippen LogP contribution in [0.25, 0.3) is 0 Å². The number of nitrogens with zero attached hydrogens (tertiary/aromatic N) is 2. The molecule has 3 nitrogen and oxygen atoms in total. The summed E-state index contributed by atoms with van der Waals surface area (Å²) in [5.41, 5.74) is 3.01. The van der Waals surface area contributed by atoms with E-state index in [1.165, 1.54) is 0 Å². The van der Waals surface area contributed by atoms with Gasteiger partial charge in [0.25, 0.3) is 0 Å². The molecule has 1 unspecified atom stereocenters. The van der Waals surface area contributed by atoms with Crippen molar-refractivity contribution in [1.82, 2.24) is 15.1 Å². The molecule has 0 saturated carbocycles.